The van der Waals surface area contributed by atoms with Crippen LogP contribution in [0.5, 0.6) is 5.75 Å². The maximum absolute atomic E-state index is 12.5. The summed E-state index contributed by atoms with van der Waals surface area (Å²) in [5.41, 5.74) is 3.80. The molecule has 146 valence electrons. The second-order valence-corrected chi connectivity index (χ2v) is 8.51. The Bertz CT molecular complexity index is 925. The molecule has 0 bridgehead atoms. The van der Waals surface area contributed by atoms with Crippen LogP contribution in [0.1, 0.15) is 59.6 Å². The van der Waals surface area contributed by atoms with Crippen molar-refractivity contribution in [1.82, 2.24) is 5.32 Å². The number of carbonyl (C=O) groups is 1. The summed E-state index contributed by atoms with van der Waals surface area (Å²) in [6, 6.07) is 11.5. The molecule has 3 N–H and O–H groups in total. The van der Waals surface area contributed by atoms with Crippen LogP contribution in [0.2, 0.25) is 0 Å². The minimum absolute atomic E-state index is 0.0125. The van der Waals surface area contributed by atoms with E-state index in [-0.39, 0.29) is 17.9 Å². The largest absolute Gasteiger partial charge is 0.508 e. The summed E-state index contributed by atoms with van der Waals surface area (Å²) in [6.45, 7) is 2.82. The van der Waals surface area contributed by atoms with Gasteiger partial charge in [-0.2, -0.15) is 0 Å². The van der Waals surface area contributed by atoms with Crippen LogP contribution in [0.4, 0.5) is 5.69 Å². The number of nitrogens with one attached hydrogen (secondary N) is 2. The molecule has 4 nitrogen and oxygen atoms in total. The summed E-state index contributed by atoms with van der Waals surface area (Å²) in [5.74, 6) is 0.845. The first-order chi connectivity index (χ1) is 13.6. The van der Waals surface area contributed by atoms with Gasteiger partial charge in [-0.15, -0.1) is 0 Å². The van der Waals surface area contributed by atoms with E-state index in [1.54, 1.807) is 6.07 Å². The molecule has 3 atom stereocenters. The summed E-state index contributed by atoms with van der Waals surface area (Å²) in [4.78, 5) is 12.5. The van der Waals surface area contributed by atoms with Gasteiger partial charge in [0.05, 0.1) is 6.04 Å². The molecule has 4 rings (SSSR count). The fourth-order valence-electron chi connectivity index (χ4n) is 4.30. The van der Waals surface area contributed by atoms with Crippen molar-refractivity contribution in [3.05, 3.63) is 69.7 Å². The fraction of sp³-hybridized carbons (Fsp3) is 0.348. The first-order valence-corrected chi connectivity index (χ1v) is 10.7. The highest BCUT2D eigenvalue weighted by molar-refractivity contribution is 9.10. The van der Waals surface area contributed by atoms with Gasteiger partial charge in [0.2, 0.25) is 0 Å². The molecule has 3 unspecified atom stereocenters. The molecule has 2 aromatic carbocycles. The molecule has 0 radical (unpaired) electrons. The van der Waals surface area contributed by atoms with Gasteiger partial charge in [0.1, 0.15) is 5.75 Å². The van der Waals surface area contributed by atoms with Crippen LogP contribution >= 0.6 is 15.9 Å². The van der Waals surface area contributed by atoms with Gasteiger partial charge >= 0.3 is 0 Å². The quantitative estimate of drug-likeness (QED) is 0.424. The molecule has 0 saturated carbocycles. The Labute approximate surface area is 174 Å². The number of rotatable bonds is 5. The lowest BCUT2D eigenvalue weighted by Crippen LogP contribution is -2.30. The second kappa shape index (κ2) is 8.00. The van der Waals surface area contributed by atoms with Crippen molar-refractivity contribution in [2.24, 2.45) is 5.92 Å². The van der Waals surface area contributed by atoms with Gasteiger partial charge in [-0.1, -0.05) is 41.4 Å². The summed E-state index contributed by atoms with van der Waals surface area (Å²) in [5, 5.41) is 17.1. The minimum atomic E-state index is -0.0125. The molecule has 1 heterocycles. The molecule has 0 fully saturated rings. The van der Waals surface area contributed by atoms with Crippen LogP contribution in [0.25, 0.3) is 0 Å². The highest BCUT2D eigenvalue weighted by atomic mass is 79.9. The maximum Gasteiger partial charge on any atom is 0.251 e. The Balaban J connectivity index is 1.65. The molecule has 5 heteroatoms. The molecule has 28 heavy (non-hydrogen) atoms. The van der Waals surface area contributed by atoms with E-state index in [0.717, 1.165) is 40.5 Å². The number of fused-ring (bicyclic) bond motifs is 3. The molecular formula is C23H25BrN2O2. The van der Waals surface area contributed by atoms with Gasteiger partial charge < -0.3 is 15.7 Å². The highest BCUT2D eigenvalue weighted by Crippen LogP contribution is 2.51. The Hall–Kier alpha value is -2.27. The molecule has 0 saturated heterocycles. The van der Waals surface area contributed by atoms with Crippen LogP contribution in [0.3, 0.4) is 0 Å². The Kier molecular flexibility index (Phi) is 5.44. The Morgan fingerprint density at radius 1 is 1.25 bits per heavy atom. The molecule has 1 amide bonds. The number of amides is 1. The van der Waals surface area contributed by atoms with Crippen molar-refractivity contribution in [3.8, 4) is 5.75 Å². The van der Waals surface area contributed by atoms with Crippen LogP contribution in [-0.4, -0.2) is 17.6 Å². The number of carbonyl (C=O) groups excluding carboxylic acids is 1. The van der Waals surface area contributed by atoms with Crippen LogP contribution in [0, 0.1) is 5.92 Å². The number of phenolic OH excluding ortho intramolecular Hbond substituents is 1. The number of halogens is 1. The van der Waals surface area contributed by atoms with E-state index in [2.05, 4.69) is 45.6 Å². The van der Waals surface area contributed by atoms with Crippen molar-refractivity contribution in [1.29, 1.82) is 0 Å². The third kappa shape index (κ3) is 3.55. The molecule has 1 aliphatic carbocycles. The smallest absolute Gasteiger partial charge is 0.251 e. The van der Waals surface area contributed by atoms with Gasteiger partial charge in [0.15, 0.2) is 0 Å². The summed E-state index contributed by atoms with van der Waals surface area (Å²) >= 11 is 3.52. The lowest BCUT2D eigenvalue weighted by molar-refractivity contribution is 0.0953. The van der Waals surface area contributed by atoms with Crippen molar-refractivity contribution in [3.63, 3.8) is 0 Å². The van der Waals surface area contributed by atoms with Crippen LogP contribution in [0.15, 0.2) is 53.0 Å². The zero-order valence-electron chi connectivity index (χ0n) is 15.9. The summed E-state index contributed by atoms with van der Waals surface area (Å²) in [7, 11) is 0. The minimum Gasteiger partial charge on any atom is -0.508 e. The predicted octanol–water partition coefficient (Wildman–Crippen LogP) is 5.51. The third-order valence-electron chi connectivity index (χ3n) is 5.77. The Morgan fingerprint density at radius 3 is 2.93 bits per heavy atom. The average Bonchev–Trinajstić information content (AvgIpc) is 3.19. The van der Waals surface area contributed by atoms with Crippen LogP contribution in [-0.2, 0) is 0 Å². The van der Waals surface area contributed by atoms with Gasteiger partial charge in [0, 0.05) is 33.7 Å². The number of hydrogen-bond acceptors (Lipinski definition) is 3. The molecule has 0 aromatic heterocycles. The first-order valence-electron chi connectivity index (χ1n) is 9.92. The van der Waals surface area contributed by atoms with E-state index in [9.17, 15) is 9.90 Å². The van der Waals surface area contributed by atoms with E-state index >= 15 is 0 Å². The number of benzene rings is 2. The highest BCUT2D eigenvalue weighted by Gasteiger charge is 2.39. The molecular weight excluding hydrogens is 416 g/mol. The number of allylic oxidation sites excluding steroid dienone is 2. The zero-order valence-corrected chi connectivity index (χ0v) is 17.5. The predicted molar refractivity (Wildman–Crippen MR) is 116 cm³/mol. The number of unbranched alkanes of at least 4 members (excludes halogenated alkanes) is 1. The van der Waals surface area contributed by atoms with Crippen molar-refractivity contribution in [2.75, 3.05) is 11.9 Å². The molecule has 2 aromatic rings. The second-order valence-electron chi connectivity index (χ2n) is 7.59. The number of hydrogen-bond donors (Lipinski definition) is 3. The van der Waals surface area contributed by atoms with Crippen LogP contribution < -0.4 is 10.6 Å². The SMILES string of the molecule is CCCCNC(=O)c1ccc2c(c1)C1C=CCC1C(c1cc(Br)ccc1O)N2. The van der Waals surface area contributed by atoms with Crippen molar-refractivity contribution < 1.29 is 9.90 Å². The van der Waals surface area contributed by atoms with E-state index in [1.807, 2.05) is 30.3 Å². The first kappa shape index (κ1) is 19.1. The maximum atomic E-state index is 12.5. The van der Waals surface area contributed by atoms with Gasteiger partial charge in [0.25, 0.3) is 5.91 Å². The third-order valence-corrected chi connectivity index (χ3v) is 6.26. The monoisotopic (exact) mass is 440 g/mol. The zero-order chi connectivity index (χ0) is 19.7. The summed E-state index contributed by atoms with van der Waals surface area (Å²) < 4.78 is 0.953. The lowest BCUT2D eigenvalue weighted by atomic mass is 9.76. The number of aromatic hydroxyl groups is 1. The van der Waals surface area contributed by atoms with Gasteiger partial charge in [-0.3, -0.25) is 4.79 Å². The fourth-order valence-corrected chi connectivity index (χ4v) is 4.68. The van der Waals surface area contributed by atoms with Gasteiger partial charge in [-0.25, -0.2) is 0 Å². The van der Waals surface area contributed by atoms with Gasteiger partial charge in [-0.05, 0) is 60.7 Å². The topological polar surface area (TPSA) is 61.4 Å². The standard InChI is InChI=1S/C23H25BrN2O2/c1-2-3-11-25-23(28)14-7-9-20-18(12-14)16-5-4-6-17(16)22(26-20)19-13-15(24)8-10-21(19)27/h4-5,7-10,12-13,16-17,22,26-27H,2-3,6,11H2,1H3,(H,25,28). The normalized spacial score (nSPS) is 22.3. The molecule has 2 aliphatic rings. The molecule has 0 spiro atoms. The van der Waals surface area contributed by atoms with E-state index < -0.39 is 0 Å². The summed E-state index contributed by atoms with van der Waals surface area (Å²) in [6.07, 6.45) is 7.45. The van der Waals surface area contributed by atoms with Crippen molar-refractivity contribution in [2.45, 2.75) is 38.1 Å². The van der Waals surface area contributed by atoms with Crippen molar-refractivity contribution >= 4 is 27.5 Å². The molecule has 1 aliphatic heterocycles. The van der Waals surface area contributed by atoms with E-state index in [1.165, 1.54) is 0 Å². The number of phenols is 1. The average molecular weight is 441 g/mol. The van der Waals surface area contributed by atoms with E-state index in [0.29, 0.717) is 23.8 Å². The van der Waals surface area contributed by atoms with E-state index in [4.69, 9.17) is 0 Å². The lowest BCUT2D eigenvalue weighted by Gasteiger charge is -2.38. The number of anilines is 1. The Morgan fingerprint density at radius 2 is 2.11 bits per heavy atom.